The Morgan fingerprint density at radius 2 is 1.74 bits per heavy atom. The van der Waals surface area contributed by atoms with Crippen LogP contribution in [0.25, 0.3) is 5.69 Å². The molecule has 5 heteroatoms. The van der Waals surface area contributed by atoms with Crippen LogP contribution < -0.4 is 5.32 Å². The molecule has 0 saturated carbocycles. The number of halogens is 1. The number of carbonyl (C=O) groups is 2. The maximum absolute atomic E-state index is 13.2. The van der Waals surface area contributed by atoms with Crippen molar-refractivity contribution < 1.29 is 14.0 Å². The zero-order valence-electron chi connectivity index (χ0n) is 15.5. The summed E-state index contributed by atoms with van der Waals surface area (Å²) in [7, 11) is 0. The van der Waals surface area contributed by atoms with Gasteiger partial charge in [-0.15, -0.1) is 0 Å². The highest BCUT2D eigenvalue weighted by atomic mass is 19.1. The molecule has 1 N–H and O–H groups in total. The van der Waals surface area contributed by atoms with Crippen molar-refractivity contribution in [3.8, 4) is 5.69 Å². The fourth-order valence-electron chi connectivity index (χ4n) is 3.16. The predicted octanol–water partition coefficient (Wildman–Crippen LogP) is 4.73. The van der Waals surface area contributed by atoms with Gasteiger partial charge in [-0.2, -0.15) is 0 Å². The van der Waals surface area contributed by atoms with Crippen molar-refractivity contribution in [3.63, 3.8) is 0 Å². The first-order valence-corrected chi connectivity index (χ1v) is 8.70. The number of hydrogen-bond acceptors (Lipinski definition) is 3. The molecule has 3 rings (SSSR count). The zero-order valence-corrected chi connectivity index (χ0v) is 15.5. The van der Waals surface area contributed by atoms with Crippen LogP contribution in [-0.2, 0) is 0 Å². The van der Waals surface area contributed by atoms with E-state index in [2.05, 4.69) is 5.32 Å². The molecule has 4 nitrogen and oxygen atoms in total. The average molecular weight is 364 g/mol. The molecule has 0 amide bonds. The van der Waals surface area contributed by atoms with Crippen LogP contribution in [-0.4, -0.2) is 22.7 Å². The van der Waals surface area contributed by atoms with Crippen LogP contribution in [0.2, 0.25) is 0 Å². The first-order valence-electron chi connectivity index (χ1n) is 8.70. The summed E-state index contributed by atoms with van der Waals surface area (Å²) in [6.45, 7) is 5.42. The van der Waals surface area contributed by atoms with Gasteiger partial charge in [0.15, 0.2) is 11.6 Å². The highest BCUT2D eigenvalue weighted by Gasteiger charge is 2.16. The third-order valence-electron chi connectivity index (χ3n) is 4.54. The summed E-state index contributed by atoms with van der Waals surface area (Å²) in [5.41, 5.74) is 4.47. The van der Waals surface area contributed by atoms with Crippen molar-refractivity contribution in [2.24, 2.45) is 0 Å². The standard InChI is InChI=1S/C22H21FN2O2/c1-14-11-21(15(2)25(14)20-9-7-18(23)8-10-20)22(27)13-24-19-6-4-5-17(12-19)16(3)26/h4-12,24H,13H2,1-3H3. The Balaban J connectivity index is 1.80. The maximum atomic E-state index is 13.2. The minimum atomic E-state index is -0.297. The van der Waals surface area contributed by atoms with E-state index in [1.54, 1.807) is 30.3 Å². The fourth-order valence-corrected chi connectivity index (χ4v) is 3.16. The van der Waals surface area contributed by atoms with Crippen molar-refractivity contribution in [1.29, 1.82) is 0 Å². The fraction of sp³-hybridized carbons (Fsp3) is 0.182. The van der Waals surface area contributed by atoms with Crippen molar-refractivity contribution in [2.75, 3.05) is 11.9 Å². The largest absolute Gasteiger partial charge is 0.378 e. The van der Waals surface area contributed by atoms with Gasteiger partial charge in [-0.1, -0.05) is 12.1 Å². The number of rotatable bonds is 6. The molecular formula is C22H21FN2O2. The first-order chi connectivity index (χ1) is 12.9. The van der Waals surface area contributed by atoms with E-state index in [0.29, 0.717) is 11.1 Å². The molecule has 1 aromatic heterocycles. The molecule has 0 aliphatic heterocycles. The molecule has 0 spiro atoms. The molecule has 0 atom stereocenters. The molecule has 0 bridgehead atoms. The van der Waals surface area contributed by atoms with Gasteiger partial charge >= 0.3 is 0 Å². The third kappa shape index (κ3) is 3.97. The van der Waals surface area contributed by atoms with Crippen molar-refractivity contribution in [2.45, 2.75) is 20.8 Å². The highest BCUT2D eigenvalue weighted by molar-refractivity contribution is 6.00. The summed E-state index contributed by atoms with van der Waals surface area (Å²) >= 11 is 0. The summed E-state index contributed by atoms with van der Waals surface area (Å²) in [6, 6.07) is 15.1. The lowest BCUT2D eigenvalue weighted by Gasteiger charge is -2.10. The molecule has 3 aromatic rings. The second-order valence-corrected chi connectivity index (χ2v) is 6.51. The topological polar surface area (TPSA) is 51.1 Å². The van der Waals surface area contributed by atoms with Crippen molar-refractivity contribution in [3.05, 3.63) is 82.9 Å². The summed E-state index contributed by atoms with van der Waals surface area (Å²) < 4.78 is 15.1. The van der Waals surface area contributed by atoms with Crippen LogP contribution in [0.5, 0.6) is 0 Å². The molecule has 0 fully saturated rings. The zero-order chi connectivity index (χ0) is 19.6. The van der Waals surface area contributed by atoms with Crippen LogP contribution in [0.4, 0.5) is 10.1 Å². The third-order valence-corrected chi connectivity index (χ3v) is 4.54. The molecule has 0 radical (unpaired) electrons. The normalized spacial score (nSPS) is 10.7. The van der Waals surface area contributed by atoms with Gasteiger partial charge in [-0.25, -0.2) is 4.39 Å². The van der Waals surface area contributed by atoms with Gasteiger partial charge in [-0.05, 0) is 63.2 Å². The average Bonchev–Trinajstić information content (AvgIpc) is 2.95. The van der Waals surface area contributed by atoms with E-state index in [1.165, 1.54) is 19.1 Å². The Bertz CT molecular complexity index is 1000. The maximum Gasteiger partial charge on any atom is 0.183 e. The first kappa shape index (κ1) is 18.6. The number of Topliss-reactive ketones (excluding diaryl/α,β-unsaturated/α-hetero) is 2. The molecule has 138 valence electrons. The number of ketones is 2. The second kappa shape index (κ2) is 7.58. The van der Waals surface area contributed by atoms with Gasteiger partial charge in [0.2, 0.25) is 0 Å². The number of benzene rings is 2. The minimum Gasteiger partial charge on any atom is -0.378 e. The number of nitrogens with zero attached hydrogens (tertiary/aromatic N) is 1. The summed E-state index contributed by atoms with van der Waals surface area (Å²) in [6.07, 6.45) is 0. The highest BCUT2D eigenvalue weighted by Crippen LogP contribution is 2.22. The van der Waals surface area contributed by atoms with E-state index < -0.39 is 0 Å². The van der Waals surface area contributed by atoms with E-state index in [4.69, 9.17) is 0 Å². The number of hydrogen-bond donors (Lipinski definition) is 1. The molecule has 2 aromatic carbocycles. The van der Waals surface area contributed by atoms with E-state index in [1.807, 2.05) is 30.5 Å². The Morgan fingerprint density at radius 3 is 2.41 bits per heavy atom. The lowest BCUT2D eigenvalue weighted by molar-refractivity contribution is 0.100. The van der Waals surface area contributed by atoms with Gasteiger partial charge in [0.25, 0.3) is 0 Å². The monoisotopic (exact) mass is 364 g/mol. The Morgan fingerprint density at radius 1 is 1.04 bits per heavy atom. The van der Waals surface area contributed by atoms with Crippen molar-refractivity contribution in [1.82, 2.24) is 4.57 Å². The van der Waals surface area contributed by atoms with Gasteiger partial charge in [0.1, 0.15) is 5.82 Å². The van der Waals surface area contributed by atoms with E-state index in [-0.39, 0.29) is 23.9 Å². The lowest BCUT2D eigenvalue weighted by Crippen LogP contribution is -2.15. The molecule has 0 saturated heterocycles. The molecule has 0 unspecified atom stereocenters. The Hall–Kier alpha value is -3.21. The van der Waals surface area contributed by atoms with Gasteiger partial charge < -0.3 is 9.88 Å². The van der Waals surface area contributed by atoms with Crippen LogP contribution >= 0.6 is 0 Å². The smallest absolute Gasteiger partial charge is 0.183 e. The molecule has 0 aliphatic carbocycles. The molecule has 0 aliphatic rings. The van der Waals surface area contributed by atoms with Crippen molar-refractivity contribution >= 4 is 17.3 Å². The van der Waals surface area contributed by atoms with Crippen LogP contribution in [0, 0.1) is 19.7 Å². The Labute approximate surface area is 157 Å². The van der Waals surface area contributed by atoms with Crippen LogP contribution in [0.3, 0.4) is 0 Å². The minimum absolute atomic E-state index is 0.0205. The van der Waals surface area contributed by atoms with Crippen LogP contribution in [0.15, 0.2) is 54.6 Å². The number of anilines is 1. The van der Waals surface area contributed by atoms with E-state index in [9.17, 15) is 14.0 Å². The lowest BCUT2D eigenvalue weighted by atomic mass is 10.1. The second-order valence-electron chi connectivity index (χ2n) is 6.51. The van der Waals surface area contributed by atoms with E-state index in [0.717, 1.165) is 22.8 Å². The summed E-state index contributed by atoms with van der Waals surface area (Å²) in [5, 5.41) is 3.08. The van der Waals surface area contributed by atoms with Gasteiger partial charge in [-0.3, -0.25) is 9.59 Å². The Kier molecular flexibility index (Phi) is 5.21. The van der Waals surface area contributed by atoms with E-state index >= 15 is 0 Å². The number of aryl methyl sites for hydroxylation is 1. The molecular weight excluding hydrogens is 343 g/mol. The van der Waals surface area contributed by atoms with Gasteiger partial charge in [0.05, 0.1) is 6.54 Å². The number of carbonyl (C=O) groups excluding carboxylic acids is 2. The number of nitrogens with one attached hydrogen (secondary N) is 1. The summed E-state index contributed by atoms with van der Waals surface area (Å²) in [4.78, 5) is 24.2. The number of aromatic nitrogens is 1. The van der Waals surface area contributed by atoms with Crippen LogP contribution in [0.1, 0.15) is 39.0 Å². The SMILES string of the molecule is CC(=O)c1cccc(NCC(=O)c2cc(C)n(-c3ccc(F)cc3)c2C)c1. The summed E-state index contributed by atoms with van der Waals surface area (Å²) in [5.74, 6) is -0.369. The predicted molar refractivity (Wildman–Crippen MR) is 104 cm³/mol. The molecule has 1 heterocycles. The molecule has 27 heavy (non-hydrogen) atoms. The van der Waals surface area contributed by atoms with Gasteiger partial charge in [0, 0.05) is 33.9 Å². The quantitative estimate of drug-likeness (QED) is 0.643.